The van der Waals surface area contributed by atoms with Crippen molar-refractivity contribution in [3.8, 4) is 0 Å². The van der Waals surface area contributed by atoms with Gasteiger partial charge in [0.1, 0.15) is 0 Å². The number of likely N-dealkylation sites (tertiary alicyclic amines) is 1. The van der Waals surface area contributed by atoms with E-state index in [1.54, 1.807) is 0 Å². The van der Waals surface area contributed by atoms with Crippen LogP contribution in [-0.4, -0.2) is 29.7 Å². The highest BCUT2D eigenvalue weighted by atomic mass is 16.3. The van der Waals surface area contributed by atoms with Crippen LogP contribution in [-0.2, 0) is 6.54 Å². The predicted molar refractivity (Wildman–Crippen MR) is 75.3 cm³/mol. The molecule has 1 aliphatic heterocycles. The minimum Gasteiger partial charge on any atom is -0.396 e. The van der Waals surface area contributed by atoms with Gasteiger partial charge in [-0.2, -0.15) is 0 Å². The van der Waals surface area contributed by atoms with Crippen LogP contribution in [0.15, 0.2) is 30.3 Å². The number of hydrogen-bond acceptors (Lipinski definition) is 2. The quantitative estimate of drug-likeness (QED) is 0.835. The monoisotopic (exact) mass is 247 g/mol. The first kappa shape index (κ1) is 13.6. The van der Waals surface area contributed by atoms with Gasteiger partial charge in [0.25, 0.3) is 0 Å². The zero-order valence-electron chi connectivity index (χ0n) is 11.4. The molecule has 1 N–H and O–H groups in total. The van der Waals surface area contributed by atoms with Gasteiger partial charge in [-0.3, -0.25) is 4.90 Å². The molecule has 2 atom stereocenters. The number of hydrogen-bond donors (Lipinski definition) is 1. The van der Waals surface area contributed by atoms with Crippen LogP contribution in [0.1, 0.15) is 31.7 Å². The molecule has 0 bridgehead atoms. The van der Waals surface area contributed by atoms with Crippen molar-refractivity contribution in [3.05, 3.63) is 35.9 Å². The van der Waals surface area contributed by atoms with E-state index in [0.717, 1.165) is 12.5 Å². The molecule has 0 saturated carbocycles. The second-order valence-electron chi connectivity index (χ2n) is 5.74. The molecule has 1 aliphatic rings. The van der Waals surface area contributed by atoms with Crippen LogP contribution in [0.25, 0.3) is 0 Å². The Kier molecular flexibility index (Phi) is 5.21. The average Bonchev–Trinajstić information content (AvgIpc) is 2.85. The van der Waals surface area contributed by atoms with E-state index in [9.17, 15) is 0 Å². The van der Waals surface area contributed by atoms with Crippen LogP contribution in [0.5, 0.6) is 0 Å². The lowest BCUT2D eigenvalue weighted by atomic mass is 9.97. The molecular weight excluding hydrogens is 222 g/mol. The van der Waals surface area contributed by atoms with Crippen LogP contribution < -0.4 is 0 Å². The van der Waals surface area contributed by atoms with Gasteiger partial charge in [0.2, 0.25) is 0 Å². The Bertz CT molecular complexity index is 338. The molecule has 1 fully saturated rings. The van der Waals surface area contributed by atoms with Gasteiger partial charge in [0.15, 0.2) is 0 Å². The molecule has 0 spiro atoms. The minimum absolute atomic E-state index is 0.334. The number of benzene rings is 1. The summed E-state index contributed by atoms with van der Waals surface area (Å²) < 4.78 is 0. The standard InChI is InChI=1S/C16H25NO/c1-14(13-18)7-8-16-9-10-17(12-16)11-15-5-3-2-4-6-15/h2-6,14,16,18H,7-13H2,1H3. The molecule has 0 aromatic heterocycles. The molecule has 0 radical (unpaired) electrons. The van der Waals surface area contributed by atoms with Gasteiger partial charge in [-0.1, -0.05) is 37.3 Å². The van der Waals surface area contributed by atoms with E-state index in [-0.39, 0.29) is 0 Å². The Morgan fingerprint density at radius 1 is 1.33 bits per heavy atom. The normalized spacial score (nSPS) is 22.2. The third kappa shape index (κ3) is 4.11. The maximum atomic E-state index is 9.05. The van der Waals surface area contributed by atoms with Crippen molar-refractivity contribution in [1.29, 1.82) is 0 Å². The largest absolute Gasteiger partial charge is 0.396 e. The SMILES string of the molecule is CC(CO)CCC1CCN(Cc2ccccc2)C1. The third-order valence-corrected chi connectivity index (χ3v) is 4.00. The van der Waals surface area contributed by atoms with Gasteiger partial charge in [-0.05, 0) is 43.2 Å². The van der Waals surface area contributed by atoms with Crippen molar-refractivity contribution in [2.24, 2.45) is 11.8 Å². The minimum atomic E-state index is 0.334. The van der Waals surface area contributed by atoms with Crippen LogP contribution in [0.4, 0.5) is 0 Å². The number of aliphatic hydroxyl groups is 1. The first-order chi connectivity index (χ1) is 8.78. The first-order valence-corrected chi connectivity index (χ1v) is 7.15. The van der Waals surface area contributed by atoms with E-state index in [2.05, 4.69) is 42.2 Å². The summed E-state index contributed by atoms with van der Waals surface area (Å²) in [5.41, 5.74) is 1.42. The van der Waals surface area contributed by atoms with Crippen LogP contribution in [0.3, 0.4) is 0 Å². The van der Waals surface area contributed by atoms with E-state index in [1.165, 1.54) is 37.9 Å². The number of rotatable bonds is 6. The summed E-state index contributed by atoms with van der Waals surface area (Å²) >= 11 is 0. The van der Waals surface area contributed by atoms with E-state index in [4.69, 9.17) is 5.11 Å². The van der Waals surface area contributed by atoms with Crippen LogP contribution in [0.2, 0.25) is 0 Å². The highest BCUT2D eigenvalue weighted by Crippen LogP contribution is 2.24. The first-order valence-electron chi connectivity index (χ1n) is 7.15. The molecule has 0 amide bonds. The molecule has 1 aromatic carbocycles. The van der Waals surface area contributed by atoms with E-state index >= 15 is 0 Å². The van der Waals surface area contributed by atoms with Crippen molar-refractivity contribution in [1.82, 2.24) is 4.90 Å². The molecule has 1 saturated heterocycles. The third-order valence-electron chi connectivity index (χ3n) is 4.00. The summed E-state index contributed by atoms with van der Waals surface area (Å²) in [4.78, 5) is 2.56. The Hall–Kier alpha value is -0.860. The van der Waals surface area contributed by atoms with E-state index in [0.29, 0.717) is 12.5 Å². The number of aliphatic hydroxyl groups excluding tert-OH is 1. The van der Waals surface area contributed by atoms with Gasteiger partial charge < -0.3 is 5.11 Å². The van der Waals surface area contributed by atoms with Crippen LogP contribution in [0, 0.1) is 11.8 Å². The lowest BCUT2D eigenvalue weighted by Crippen LogP contribution is -2.20. The zero-order chi connectivity index (χ0) is 12.8. The Balaban J connectivity index is 1.72. The molecule has 0 aliphatic carbocycles. The maximum Gasteiger partial charge on any atom is 0.0456 e. The highest BCUT2D eigenvalue weighted by Gasteiger charge is 2.22. The van der Waals surface area contributed by atoms with Crippen molar-refractivity contribution in [3.63, 3.8) is 0 Å². The van der Waals surface area contributed by atoms with E-state index < -0.39 is 0 Å². The predicted octanol–water partition coefficient (Wildman–Crippen LogP) is 2.92. The molecule has 1 heterocycles. The summed E-state index contributed by atoms with van der Waals surface area (Å²) in [5, 5.41) is 9.05. The molecule has 100 valence electrons. The lowest BCUT2D eigenvalue weighted by Gasteiger charge is -2.16. The highest BCUT2D eigenvalue weighted by molar-refractivity contribution is 5.14. The van der Waals surface area contributed by atoms with Crippen molar-refractivity contribution < 1.29 is 5.11 Å². The van der Waals surface area contributed by atoms with Gasteiger partial charge in [0.05, 0.1) is 0 Å². The van der Waals surface area contributed by atoms with E-state index in [1.807, 2.05) is 0 Å². The van der Waals surface area contributed by atoms with Crippen LogP contribution >= 0.6 is 0 Å². The molecule has 2 unspecified atom stereocenters. The topological polar surface area (TPSA) is 23.5 Å². The molecule has 2 heteroatoms. The molecular formula is C16H25NO. The fourth-order valence-electron chi connectivity index (χ4n) is 2.75. The van der Waals surface area contributed by atoms with Gasteiger partial charge in [-0.25, -0.2) is 0 Å². The lowest BCUT2D eigenvalue weighted by molar-refractivity contribution is 0.220. The smallest absolute Gasteiger partial charge is 0.0456 e. The summed E-state index contributed by atoms with van der Waals surface area (Å²) in [6.07, 6.45) is 3.76. The van der Waals surface area contributed by atoms with Crippen molar-refractivity contribution in [2.75, 3.05) is 19.7 Å². The summed E-state index contributed by atoms with van der Waals surface area (Å²) in [5.74, 6) is 1.30. The van der Waals surface area contributed by atoms with Crippen molar-refractivity contribution >= 4 is 0 Å². The van der Waals surface area contributed by atoms with Gasteiger partial charge in [-0.15, -0.1) is 0 Å². The molecule has 1 aromatic rings. The second kappa shape index (κ2) is 6.91. The average molecular weight is 247 g/mol. The maximum absolute atomic E-state index is 9.05. The van der Waals surface area contributed by atoms with Crippen molar-refractivity contribution in [2.45, 2.75) is 32.7 Å². The zero-order valence-corrected chi connectivity index (χ0v) is 11.4. The fourth-order valence-corrected chi connectivity index (χ4v) is 2.75. The Morgan fingerprint density at radius 2 is 2.11 bits per heavy atom. The van der Waals surface area contributed by atoms with Gasteiger partial charge >= 0.3 is 0 Å². The number of nitrogens with zero attached hydrogens (tertiary/aromatic N) is 1. The van der Waals surface area contributed by atoms with Gasteiger partial charge in [0, 0.05) is 19.7 Å². The molecule has 2 rings (SSSR count). The summed E-state index contributed by atoms with van der Waals surface area (Å²) in [6.45, 7) is 6.02. The summed E-state index contributed by atoms with van der Waals surface area (Å²) in [6, 6.07) is 10.7. The summed E-state index contributed by atoms with van der Waals surface area (Å²) in [7, 11) is 0. The molecule has 2 nitrogen and oxygen atoms in total. The fraction of sp³-hybridized carbons (Fsp3) is 0.625. The molecule has 18 heavy (non-hydrogen) atoms. The Labute approximate surface area is 111 Å². The second-order valence-corrected chi connectivity index (χ2v) is 5.74. The Morgan fingerprint density at radius 3 is 2.83 bits per heavy atom.